The molecule has 4 aromatic rings. The second-order valence-corrected chi connectivity index (χ2v) is 11.8. The summed E-state index contributed by atoms with van der Waals surface area (Å²) in [6.07, 6.45) is 1.46. The molecule has 1 atom stereocenters. The lowest BCUT2D eigenvalue weighted by Crippen LogP contribution is -2.19. The number of alkyl halides is 1. The van der Waals surface area contributed by atoms with Gasteiger partial charge in [0.1, 0.15) is 18.2 Å². The van der Waals surface area contributed by atoms with E-state index in [0.717, 1.165) is 16.7 Å². The van der Waals surface area contributed by atoms with E-state index in [2.05, 4.69) is 40.5 Å². The van der Waals surface area contributed by atoms with E-state index in [0.29, 0.717) is 39.1 Å². The Kier molecular flexibility index (Phi) is 7.19. The number of aromatic nitrogens is 2. The van der Waals surface area contributed by atoms with Gasteiger partial charge in [0.2, 0.25) is 5.71 Å². The van der Waals surface area contributed by atoms with Crippen LogP contribution in [0.2, 0.25) is 5.02 Å². The van der Waals surface area contributed by atoms with Crippen molar-refractivity contribution in [3.05, 3.63) is 70.2 Å². The highest BCUT2D eigenvalue weighted by molar-refractivity contribution is 8.00. The minimum Gasteiger partial charge on any atom is -0.489 e. The van der Waals surface area contributed by atoms with Crippen molar-refractivity contribution in [1.82, 2.24) is 9.97 Å². The van der Waals surface area contributed by atoms with Crippen molar-refractivity contribution in [3.8, 4) is 23.1 Å². The number of rotatable bonds is 8. The molecule has 0 saturated carbocycles. The maximum Gasteiger partial charge on any atom is 0.308 e. The molecule has 10 heteroatoms. The van der Waals surface area contributed by atoms with Gasteiger partial charge in [0.15, 0.2) is 5.75 Å². The lowest BCUT2D eigenvalue weighted by atomic mass is 9.77. The zero-order valence-electron chi connectivity index (χ0n) is 20.0. The summed E-state index contributed by atoms with van der Waals surface area (Å²) < 4.78 is 25.7. The van der Waals surface area contributed by atoms with Crippen molar-refractivity contribution < 1.29 is 13.4 Å². The summed E-state index contributed by atoms with van der Waals surface area (Å²) in [5, 5.41) is 10.0. The average molecular weight is 543 g/mol. The van der Waals surface area contributed by atoms with Crippen LogP contribution in [0.15, 0.2) is 52.9 Å². The second kappa shape index (κ2) is 10.0. The third-order valence-electron chi connectivity index (χ3n) is 5.67. The molecule has 4 rings (SSSR count). The highest BCUT2D eigenvalue weighted by atomic mass is 35.5. The Morgan fingerprint density at radius 2 is 1.89 bits per heavy atom. The number of oxazole rings is 1. The van der Waals surface area contributed by atoms with Crippen LogP contribution in [0.3, 0.4) is 0 Å². The molecule has 2 aromatic carbocycles. The lowest BCUT2D eigenvalue weighted by Gasteiger charge is -2.27. The van der Waals surface area contributed by atoms with Crippen molar-refractivity contribution in [2.75, 3.05) is 23.5 Å². The Morgan fingerprint density at radius 1 is 1.17 bits per heavy atom. The van der Waals surface area contributed by atoms with Crippen LogP contribution in [-0.4, -0.2) is 38.8 Å². The molecule has 186 valence electrons. The fourth-order valence-corrected chi connectivity index (χ4v) is 4.56. The van der Waals surface area contributed by atoms with Crippen LogP contribution in [0.25, 0.3) is 22.5 Å². The molecule has 7 nitrogen and oxygen atoms in total. The molecule has 1 unspecified atom stereocenters. The van der Waals surface area contributed by atoms with Gasteiger partial charge in [0, 0.05) is 26.9 Å². The second-order valence-electron chi connectivity index (χ2n) is 8.83. The van der Waals surface area contributed by atoms with Gasteiger partial charge in [0.05, 0.1) is 22.2 Å². The molecular weight excluding hydrogens is 519 g/mol. The Balaban J connectivity index is 1.63. The van der Waals surface area contributed by atoms with Crippen molar-refractivity contribution in [1.29, 1.82) is 5.26 Å². The van der Waals surface area contributed by atoms with Crippen LogP contribution >= 0.6 is 23.2 Å². The third kappa shape index (κ3) is 5.44. The fraction of sp³-hybridized carbons (Fsp3) is 0.231. The molecule has 1 N–H and O–H groups in total. The predicted octanol–water partition coefficient (Wildman–Crippen LogP) is 6.03. The number of nitrogens with zero attached hydrogens (tertiary/aromatic N) is 3. The SMILES string of the molecule is C=S(C)(=O)Nc1nc2ccc(-c3ccc(C(C)(C)c4cc(Cl)c(OCCCl)c(C#N)c4)cc3)nc2o1. The summed E-state index contributed by atoms with van der Waals surface area (Å²) >= 11 is 12.2. The zero-order valence-corrected chi connectivity index (χ0v) is 22.3. The number of ether oxygens (including phenoxy) is 1. The van der Waals surface area contributed by atoms with Gasteiger partial charge >= 0.3 is 6.01 Å². The zero-order chi connectivity index (χ0) is 26.1. The molecule has 0 bridgehead atoms. The molecule has 0 radical (unpaired) electrons. The summed E-state index contributed by atoms with van der Waals surface area (Å²) in [5.41, 5.74) is 4.31. The molecule has 0 amide bonds. The molecule has 2 heterocycles. The average Bonchev–Trinajstić information content (AvgIpc) is 3.22. The van der Waals surface area contributed by atoms with E-state index in [9.17, 15) is 9.47 Å². The molecule has 0 aliphatic carbocycles. The van der Waals surface area contributed by atoms with E-state index in [-0.39, 0.29) is 12.6 Å². The number of benzene rings is 2. The maximum atomic E-state index is 11.9. The Hall–Kier alpha value is -3.25. The number of halogens is 2. The van der Waals surface area contributed by atoms with Gasteiger partial charge in [-0.15, -0.1) is 11.6 Å². The smallest absolute Gasteiger partial charge is 0.308 e. The number of hydrogen-bond donors (Lipinski definition) is 1. The van der Waals surface area contributed by atoms with Crippen molar-refractivity contribution in [2.24, 2.45) is 0 Å². The van der Waals surface area contributed by atoms with Crippen LogP contribution < -0.4 is 9.46 Å². The normalized spacial score (nSPS) is 13.2. The van der Waals surface area contributed by atoms with Crippen LogP contribution in [0.4, 0.5) is 6.01 Å². The van der Waals surface area contributed by atoms with Gasteiger partial charge in [0.25, 0.3) is 0 Å². The highest BCUT2D eigenvalue weighted by Gasteiger charge is 2.26. The summed E-state index contributed by atoms with van der Waals surface area (Å²) in [6, 6.07) is 17.5. The first-order chi connectivity index (χ1) is 17.0. The maximum absolute atomic E-state index is 11.9. The predicted molar refractivity (Wildman–Crippen MR) is 147 cm³/mol. The summed E-state index contributed by atoms with van der Waals surface area (Å²) in [5.74, 6) is 4.19. The standard InChI is InChI=1S/C26H24Cl2N4O3S/c1-26(2,19-13-17(15-29)23(20(28)14-19)34-12-11-27)18-7-5-16(6-8-18)21-9-10-22-24(30-21)35-25(31-22)32-36(3,4)33/h5-10,13-14H,3,11-12H2,1-2,4H3,(H,31,32,33). The van der Waals surface area contributed by atoms with Gasteiger partial charge in [-0.1, -0.05) is 49.7 Å². The number of nitriles is 1. The van der Waals surface area contributed by atoms with Crippen LogP contribution in [0.1, 0.15) is 30.5 Å². The molecule has 0 aliphatic rings. The van der Waals surface area contributed by atoms with Gasteiger partial charge in [-0.05, 0) is 41.3 Å². The van der Waals surface area contributed by atoms with Crippen LogP contribution in [0.5, 0.6) is 5.75 Å². The van der Waals surface area contributed by atoms with Crippen LogP contribution in [0, 0.1) is 11.3 Å². The molecular formula is C26H24Cl2N4O3S. The van der Waals surface area contributed by atoms with Gasteiger partial charge in [-0.2, -0.15) is 10.2 Å². The first kappa shape index (κ1) is 25.8. The van der Waals surface area contributed by atoms with Crippen molar-refractivity contribution in [3.63, 3.8) is 0 Å². The third-order valence-corrected chi connectivity index (χ3v) is 6.71. The number of nitrogens with one attached hydrogen (secondary N) is 1. The van der Waals surface area contributed by atoms with Gasteiger partial charge in [-0.25, -0.2) is 9.19 Å². The Labute approximate surface area is 220 Å². The number of pyridine rings is 1. The van der Waals surface area contributed by atoms with E-state index >= 15 is 0 Å². The first-order valence-electron chi connectivity index (χ1n) is 10.9. The van der Waals surface area contributed by atoms with Gasteiger partial charge < -0.3 is 9.15 Å². The fourth-order valence-electron chi connectivity index (χ4n) is 3.76. The molecule has 36 heavy (non-hydrogen) atoms. The highest BCUT2D eigenvalue weighted by Crippen LogP contribution is 2.38. The number of fused-ring (bicyclic) bond motifs is 1. The first-order valence-corrected chi connectivity index (χ1v) is 14.0. The quantitative estimate of drug-likeness (QED) is 0.215. The Morgan fingerprint density at radius 3 is 2.53 bits per heavy atom. The molecule has 0 fully saturated rings. The minimum atomic E-state index is -2.52. The summed E-state index contributed by atoms with van der Waals surface area (Å²) in [6.45, 7) is 4.40. The summed E-state index contributed by atoms with van der Waals surface area (Å²) in [4.78, 5) is 8.80. The van der Waals surface area contributed by atoms with Crippen molar-refractivity contribution >= 4 is 56.0 Å². The van der Waals surface area contributed by atoms with E-state index in [1.54, 1.807) is 12.1 Å². The summed E-state index contributed by atoms with van der Waals surface area (Å²) in [7, 11) is -2.52. The van der Waals surface area contributed by atoms with E-state index in [4.69, 9.17) is 32.4 Å². The van der Waals surface area contributed by atoms with Crippen LogP contribution in [-0.2, 0) is 15.1 Å². The topological polar surface area (TPSA) is 101 Å². The molecule has 2 aromatic heterocycles. The van der Waals surface area contributed by atoms with E-state index < -0.39 is 15.1 Å². The van der Waals surface area contributed by atoms with E-state index in [1.807, 2.05) is 36.4 Å². The number of hydrogen-bond acceptors (Lipinski definition) is 6. The number of anilines is 1. The van der Waals surface area contributed by atoms with Gasteiger partial charge in [-0.3, -0.25) is 4.72 Å². The molecule has 0 aliphatic heterocycles. The molecule has 0 spiro atoms. The lowest BCUT2D eigenvalue weighted by molar-refractivity contribution is 0.341. The molecule has 0 saturated heterocycles. The monoisotopic (exact) mass is 542 g/mol. The Bertz CT molecular complexity index is 1570. The van der Waals surface area contributed by atoms with Crippen molar-refractivity contribution in [2.45, 2.75) is 19.3 Å². The minimum absolute atomic E-state index is 0.115. The largest absolute Gasteiger partial charge is 0.489 e. The van der Waals surface area contributed by atoms with E-state index in [1.165, 1.54) is 6.26 Å².